The number of hydrogen-bond acceptors (Lipinski definition) is 4. The van der Waals surface area contributed by atoms with Crippen LogP contribution in [-0.2, 0) is 16.0 Å². The van der Waals surface area contributed by atoms with Gasteiger partial charge in [0.25, 0.3) is 0 Å². The predicted molar refractivity (Wildman–Crippen MR) is 116 cm³/mol. The zero-order chi connectivity index (χ0) is 21.1. The lowest BCUT2D eigenvalue weighted by molar-refractivity contribution is -0.136. The number of nitrogens with one attached hydrogen (secondary N) is 3. The fourth-order valence-electron chi connectivity index (χ4n) is 3.46. The van der Waals surface area contributed by atoms with Gasteiger partial charge in [0.05, 0.1) is 7.11 Å². The quantitative estimate of drug-likeness (QED) is 0.384. The van der Waals surface area contributed by atoms with Crippen LogP contribution in [0.25, 0.3) is 21.7 Å². The van der Waals surface area contributed by atoms with Crippen molar-refractivity contribution in [3.05, 3.63) is 66.4 Å². The molecule has 4 N–H and O–H groups in total. The van der Waals surface area contributed by atoms with Crippen LogP contribution in [0.5, 0.6) is 11.5 Å². The van der Waals surface area contributed by atoms with Crippen molar-refractivity contribution >= 4 is 39.2 Å². The Kier molecular flexibility index (Phi) is 5.26. The number of H-pyrrole nitrogens is 1. The van der Waals surface area contributed by atoms with Crippen LogP contribution in [0.15, 0.2) is 60.8 Å². The van der Waals surface area contributed by atoms with Gasteiger partial charge in [-0.05, 0) is 42.3 Å². The molecule has 152 valence electrons. The van der Waals surface area contributed by atoms with Crippen LogP contribution in [-0.4, -0.2) is 35.6 Å². The molecular formula is C23H21N3O4. The van der Waals surface area contributed by atoms with Gasteiger partial charge in [-0.25, -0.2) is 0 Å². The first-order chi connectivity index (χ1) is 14.6. The van der Waals surface area contributed by atoms with Gasteiger partial charge in [-0.1, -0.05) is 24.3 Å². The fourth-order valence-corrected chi connectivity index (χ4v) is 3.46. The monoisotopic (exact) mass is 403 g/mol. The Hall–Kier alpha value is -4.00. The molecular weight excluding hydrogens is 382 g/mol. The summed E-state index contributed by atoms with van der Waals surface area (Å²) in [5.41, 5.74) is 2.47. The SMILES string of the molecule is COc1ccc2[nH]cc(CCNC(=O)C(=O)Nc3cccc4c(O)cccc34)c2c1. The average Bonchev–Trinajstić information content (AvgIpc) is 3.16. The Morgan fingerprint density at radius 1 is 1.00 bits per heavy atom. The summed E-state index contributed by atoms with van der Waals surface area (Å²) in [4.78, 5) is 27.8. The maximum absolute atomic E-state index is 12.3. The zero-order valence-electron chi connectivity index (χ0n) is 16.4. The van der Waals surface area contributed by atoms with E-state index in [0.29, 0.717) is 29.4 Å². The summed E-state index contributed by atoms with van der Waals surface area (Å²) < 4.78 is 5.26. The first kappa shape index (κ1) is 19.3. The first-order valence-corrected chi connectivity index (χ1v) is 9.50. The number of aromatic nitrogens is 1. The van der Waals surface area contributed by atoms with Gasteiger partial charge in [-0.3, -0.25) is 9.59 Å². The number of aromatic hydroxyl groups is 1. The van der Waals surface area contributed by atoms with Crippen LogP contribution in [0, 0.1) is 0 Å². The van der Waals surface area contributed by atoms with Crippen molar-refractivity contribution in [3.8, 4) is 11.5 Å². The van der Waals surface area contributed by atoms with Crippen molar-refractivity contribution in [2.24, 2.45) is 0 Å². The molecule has 1 heterocycles. The standard InChI is InChI=1S/C23H21N3O4/c1-30-15-8-9-19-18(12-15)14(13-25-19)10-11-24-22(28)23(29)26-20-6-2-5-17-16(20)4-3-7-21(17)27/h2-9,12-13,25,27H,10-11H2,1H3,(H,24,28)(H,26,29). The van der Waals surface area contributed by atoms with Crippen molar-refractivity contribution in [1.29, 1.82) is 0 Å². The molecule has 0 aliphatic carbocycles. The number of rotatable bonds is 5. The summed E-state index contributed by atoms with van der Waals surface area (Å²) in [6.45, 7) is 0.312. The Labute approximate surface area is 172 Å². The number of anilines is 1. The number of ether oxygens (including phenoxy) is 1. The van der Waals surface area contributed by atoms with Crippen molar-refractivity contribution in [3.63, 3.8) is 0 Å². The molecule has 0 aliphatic heterocycles. The largest absolute Gasteiger partial charge is 0.507 e. The van der Waals surface area contributed by atoms with Gasteiger partial charge in [0.2, 0.25) is 0 Å². The number of carbonyl (C=O) groups is 2. The van der Waals surface area contributed by atoms with E-state index in [0.717, 1.165) is 22.2 Å². The van der Waals surface area contributed by atoms with Crippen LogP contribution in [0.2, 0.25) is 0 Å². The maximum atomic E-state index is 12.3. The van der Waals surface area contributed by atoms with Crippen molar-refractivity contribution in [1.82, 2.24) is 10.3 Å². The summed E-state index contributed by atoms with van der Waals surface area (Å²) in [5, 5.41) is 17.5. The van der Waals surface area contributed by atoms with Crippen LogP contribution in [0.1, 0.15) is 5.56 Å². The van der Waals surface area contributed by atoms with Gasteiger partial charge < -0.3 is 25.5 Å². The zero-order valence-corrected chi connectivity index (χ0v) is 16.4. The van der Waals surface area contributed by atoms with Crippen LogP contribution >= 0.6 is 0 Å². The predicted octanol–water partition coefficient (Wildman–Crippen LogP) is 3.33. The number of amides is 2. The van der Waals surface area contributed by atoms with Gasteiger partial charge in [-0.2, -0.15) is 0 Å². The third-order valence-electron chi connectivity index (χ3n) is 5.01. The first-order valence-electron chi connectivity index (χ1n) is 9.50. The van der Waals surface area contributed by atoms with Gasteiger partial charge in [-0.15, -0.1) is 0 Å². The lowest BCUT2D eigenvalue weighted by atomic mass is 10.1. The second-order valence-corrected chi connectivity index (χ2v) is 6.86. The number of fused-ring (bicyclic) bond motifs is 2. The van der Waals surface area contributed by atoms with E-state index in [1.807, 2.05) is 24.4 Å². The molecule has 4 rings (SSSR count). The van der Waals surface area contributed by atoms with E-state index in [9.17, 15) is 14.7 Å². The topological polar surface area (TPSA) is 103 Å². The molecule has 0 aliphatic rings. The highest BCUT2D eigenvalue weighted by molar-refractivity contribution is 6.40. The highest BCUT2D eigenvalue weighted by atomic mass is 16.5. The Morgan fingerprint density at radius 2 is 1.80 bits per heavy atom. The summed E-state index contributed by atoms with van der Waals surface area (Å²) in [6, 6.07) is 15.9. The molecule has 3 aromatic carbocycles. The molecule has 0 spiro atoms. The summed E-state index contributed by atoms with van der Waals surface area (Å²) in [7, 11) is 1.61. The van der Waals surface area contributed by atoms with Crippen molar-refractivity contribution in [2.45, 2.75) is 6.42 Å². The maximum Gasteiger partial charge on any atom is 0.313 e. The van der Waals surface area contributed by atoms with Gasteiger partial charge in [0.15, 0.2) is 0 Å². The number of methoxy groups -OCH3 is 1. The van der Waals surface area contributed by atoms with Crippen molar-refractivity contribution < 1.29 is 19.4 Å². The molecule has 0 saturated carbocycles. The Balaban J connectivity index is 1.39. The van der Waals surface area contributed by atoms with Gasteiger partial charge >= 0.3 is 11.8 Å². The normalized spacial score (nSPS) is 10.8. The second-order valence-electron chi connectivity index (χ2n) is 6.86. The molecule has 0 radical (unpaired) electrons. The van der Waals surface area contributed by atoms with Crippen LogP contribution < -0.4 is 15.4 Å². The minimum Gasteiger partial charge on any atom is -0.507 e. The van der Waals surface area contributed by atoms with E-state index < -0.39 is 11.8 Å². The van der Waals surface area contributed by atoms with E-state index in [4.69, 9.17) is 4.74 Å². The molecule has 30 heavy (non-hydrogen) atoms. The molecule has 2 amide bonds. The lowest BCUT2D eigenvalue weighted by Gasteiger charge is -2.10. The Bertz CT molecular complexity index is 1250. The minimum absolute atomic E-state index is 0.114. The molecule has 4 aromatic rings. The molecule has 7 nitrogen and oxygen atoms in total. The molecule has 7 heteroatoms. The summed E-state index contributed by atoms with van der Waals surface area (Å²) >= 11 is 0. The highest BCUT2D eigenvalue weighted by Gasteiger charge is 2.15. The molecule has 0 unspecified atom stereocenters. The summed E-state index contributed by atoms with van der Waals surface area (Å²) in [5.74, 6) is -0.604. The fraction of sp³-hybridized carbons (Fsp3) is 0.130. The van der Waals surface area contributed by atoms with E-state index in [1.54, 1.807) is 43.5 Å². The van der Waals surface area contributed by atoms with E-state index in [1.165, 1.54) is 0 Å². The molecule has 0 fully saturated rings. The van der Waals surface area contributed by atoms with Gasteiger partial charge in [0, 0.05) is 40.1 Å². The molecule has 1 aromatic heterocycles. The number of phenolic OH excluding ortho intramolecular Hbond substituents is 1. The average molecular weight is 403 g/mol. The minimum atomic E-state index is -0.758. The van der Waals surface area contributed by atoms with Crippen LogP contribution in [0.4, 0.5) is 5.69 Å². The van der Waals surface area contributed by atoms with Gasteiger partial charge in [0.1, 0.15) is 11.5 Å². The molecule has 0 bridgehead atoms. The third kappa shape index (κ3) is 3.77. The number of aromatic amines is 1. The van der Waals surface area contributed by atoms with E-state index in [2.05, 4.69) is 15.6 Å². The molecule has 0 saturated heterocycles. The third-order valence-corrected chi connectivity index (χ3v) is 5.01. The van der Waals surface area contributed by atoms with Crippen molar-refractivity contribution in [2.75, 3.05) is 19.0 Å². The highest BCUT2D eigenvalue weighted by Crippen LogP contribution is 2.29. The number of benzene rings is 3. The number of carbonyl (C=O) groups excluding carboxylic acids is 2. The lowest BCUT2D eigenvalue weighted by Crippen LogP contribution is -2.36. The number of phenols is 1. The van der Waals surface area contributed by atoms with Crippen LogP contribution in [0.3, 0.4) is 0 Å². The number of hydrogen-bond donors (Lipinski definition) is 4. The van der Waals surface area contributed by atoms with E-state index in [-0.39, 0.29) is 5.75 Å². The Morgan fingerprint density at radius 3 is 2.63 bits per heavy atom. The second kappa shape index (κ2) is 8.16. The molecule has 0 atom stereocenters. The summed E-state index contributed by atoms with van der Waals surface area (Å²) in [6.07, 6.45) is 2.45. The smallest absolute Gasteiger partial charge is 0.313 e. The van der Waals surface area contributed by atoms with E-state index >= 15 is 0 Å².